The number of fused-ring (bicyclic) bond motifs is 1. The number of aliphatic hydroxyl groups excluding tert-OH is 1. The summed E-state index contributed by atoms with van der Waals surface area (Å²) in [6.45, 7) is 2.44. The Morgan fingerprint density at radius 3 is 2.72 bits per heavy atom. The zero-order valence-corrected chi connectivity index (χ0v) is 17.8. The normalized spacial score (nSPS) is 12.1. The fraction of sp³-hybridized carbons (Fsp3) is 0.273. The van der Waals surface area contributed by atoms with Gasteiger partial charge in [-0.1, -0.05) is 23.8 Å². The third kappa shape index (κ3) is 4.54. The molecular formula is C22H24N6O4. The van der Waals surface area contributed by atoms with E-state index in [-0.39, 0.29) is 24.3 Å². The molecule has 0 fully saturated rings. The monoisotopic (exact) mass is 436 g/mol. The molecule has 4 aromatic rings. The molecular weight excluding hydrogens is 412 g/mol. The molecule has 3 aromatic heterocycles. The summed E-state index contributed by atoms with van der Waals surface area (Å²) in [7, 11) is 1.53. The molecule has 3 N–H and O–H groups in total. The predicted octanol–water partition coefficient (Wildman–Crippen LogP) is 1.18. The van der Waals surface area contributed by atoms with Gasteiger partial charge in [-0.25, -0.2) is 4.79 Å². The SMILES string of the molecule is Cc1ccc(OCC(O)Cn2c(NCc3cccnc3)nc3c2c(=O)[nH]c(=O)n3C)cc1. The minimum absolute atomic E-state index is 0.0223. The Balaban J connectivity index is 1.61. The number of rotatable bonds is 8. The molecule has 0 bridgehead atoms. The molecule has 0 aliphatic heterocycles. The smallest absolute Gasteiger partial charge is 0.329 e. The van der Waals surface area contributed by atoms with Crippen LogP contribution in [-0.2, 0) is 20.1 Å². The van der Waals surface area contributed by atoms with Gasteiger partial charge in [-0.3, -0.25) is 19.3 Å². The average molecular weight is 436 g/mol. The summed E-state index contributed by atoms with van der Waals surface area (Å²) in [5.74, 6) is 0.991. The van der Waals surface area contributed by atoms with Crippen molar-refractivity contribution in [2.75, 3.05) is 11.9 Å². The van der Waals surface area contributed by atoms with Crippen molar-refractivity contribution in [3.63, 3.8) is 0 Å². The number of hydrogen-bond acceptors (Lipinski definition) is 7. The Bertz CT molecular complexity index is 1330. The van der Waals surface area contributed by atoms with Crippen LogP contribution in [0.2, 0.25) is 0 Å². The molecule has 10 nitrogen and oxygen atoms in total. The van der Waals surface area contributed by atoms with Crippen molar-refractivity contribution < 1.29 is 9.84 Å². The minimum atomic E-state index is -0.927. The van der Waals surface area contributed by atoms with Crippen molar-refractivity contribution in [3.8, 4) is 5.75 Å². The van der Waals surface area contributed by atoms with Crippen LogP contribution in [0.3, 0.4) is 0 Å². The average Bonchev–Trinajstić information content (AvgIpc) is 3.15. The molecule has 0 aliphatic carbocycles. The first-order chi connectivity index (χ1) is 15.4. The lowest BCUT2D eigenvalue weighted by Gasteiger charge is -2.16. The fourth-order valence-electron chi connectivity index (χ4n) is 3.32. The Morgan fingerprint density at radius 2 is 2.00 bits per heavy atom. The standard InChI is InChI=1S/C22H24N6O4/c1-14-5-7-17(8-6-14)32-13-16(29)12-28-18-19(27(2)22(31)26-20(18)30)25-21(28)24-11-15-4-3-9-23-10-15/h3-10,16,29H,11-13H2,1-2H3,(H,24,25)(H,26,30,31). The lowest BCUT2D eigenvalue weighted by atomic mass is 10.2. The van der Waals surface area contributed by atoms with Crippen LogP contribution < -0.4 is 21.3 Å². The number of aromatic amines is 1. The van der Waals surface area contributed by atoms with Crippen molar-refractivity contribution in [1.82, 2.24) is 24.1 Å². The molecule has 1 atom stereocenters. The summed E-state index contributed by atoms with van der Waals surface area (Å²) in [6.07, 6.45) is 2.47. The first-order valence-electron chi connectivity index (χ1n) is 10.1. The third-order valence-electron chi connectivity index (χ3n) is 5.04. The zero-order valence-electron chi connectivity index (χ0n) is 17.8. The Hall–Kier alpha value is -3.92. The number of hydrogen-bond donors (Lipinski definition) is 3. The summed E-state index contributed by atoms with van der Waals surface area (Å²) in [5.41, 5.74) is 1.30. The number of aryl methyl sites for hydroxylation is 2. The second-order valence-corrected chi connectivity index (χ2v) is 7.53. The second-order valence-electron chi connectivity index (χ2n) is 7.53. The second kappa shape index (κ2) is 9.06. The summed E-state index contributed by atoms with van der Waals surface area (Å²) >= 11 is 0. The fourth-order valence-corrected chi connectivity index (χ4v) is 3.32. The highest BCUT2D eigenvalue weighted by Crippen LogP contribution is 2.18. The van der Waals surface area contributed by atoms with Gasteiger partial charge in [-0.2, -0.15) is 4.98 Å². The van der Waals surface area contributed by atoms with Gasteiger partial charge in [0.05, 0.1) is 6.54 Å². The lowest BCUT2D eigenvalue weighted by molar-refractivity contribution is 0.0938. The Morgan fingerprint density at radius 1 is 1.22 bits per heavy atom. The molecule has 0 saturated carbocycles. The van der Waals surface area contributed by atoms with Crippen LogP contribution in [0.5, 0.6) is 5.75 Å². The highest BCUT2D eigenvalue weighted by molar-refractivity contribution is 5.74. The molecule has 166 valence electrons. The number of nitrogens with zero attached hydrogens (tertiary/aromatic N) is 4. The van der Waals surface area contributed by atoms with E-state index >= 15 is 0 Å². The first kappa shape index (κ1) is 21.3. The number of benzene rings is 1. The van der Waals surface area contributed by atoms with Crippen molar-refractivity contribution >= 4 is 17.1 Å². The van der Waals surface area contributed by atoms with Crippen LogP contribution in [-0.4, -0.2) is 41.9 Å². The molecule has 10 heteroatoms. The molecule has 0 amide bonds. The number of aromatic nitrogens is 5. The van der Waals surface area contributed by atoms with Crippen LogP contribution in [0.25, 0.3) is 11.2 Å². The summed E-state index contributed by atoms with van der Waals surface area (Å²) in [6, 6.07) is 11.2. The van der Waals surface area contributed by atoms with E-state index in [9.17, 15) is 14.7 Å². The number of nitrogens with one attached hydrogen (secondary N) is 2. The van der Waals surface area contributed by atoms with Crippen molar-refractivity contribution in [1.29, 1.82) is 0 Å². The number of imidazole rings is 1. The van der Waals surface area contributed by atoms with Gasteiger partial charge in [0, 0.05) is 26.0 Å². The molecule has 4 rings (SSSR count). The van der Waals surface area contributed by atoms with Crippen molar-refractivity contribution in [3.05, 3.63) is 80.8 Å². The van der Waals surface area contributed by atoms with Gasteiger partial charge in [-0.15, -0.1) is 0 Å². The van der Waals surface area contributed by atoms with Crippen molar-refractivity contribution in [2.24, 2.45) is 7.05 Å². The first-order valence-corrected chi connectivity index (χ1v) is 10.1. The molecule has 0 spiro atoms. The zero-order chi connectivity index (χ0) is 22.7. The summed E-state index contributed by atoms with van der Waals surface area (Å²) in [4.78, 5) is 35.4. The highest BCUT2D eigenvalue weighted by atomic mass is 16.5. The van der Waals surface area contributed by atoms with Gasteiger partial charge in [0.25, 0.3) is 5.56 Å². The van der Waals surface area contributed by atoms with Gasteiger partial charge in [-0.05, 0) is 30.7 Å². The topological polar surface area (TPSA) is 127 Å². The molecule has 32 heavy (non-hydrogen) atoms. The number of aliphatic hydroxyl groups is 1. The minimum Gasteiger partial charge on any atom is -0.491 e. The maximum absolute atomic E-state index is 12.6. The molecule has 0 saturated heterocycles. The Kier molecular flexibility index (Phi) is 6.04. The van der Waals surface area contributed by atoms with Gasteiger partial charge in [0.15, 0.2) is 11.2 Å². The molecule has 1 aromatic carbocycles. The van der Waals surface area contributed by atoms with E-state index in [0.29, 0.717) is 18.2 Å². The molecule has 3 heterocycles. The van der Waals surface area contributed by atoms with E-state index in [1.165, 1.54) is 11.6 Å². The predicted molar refractivity (Wildman–Crippen MR) is 120 cm³/mol. The molecule has 0 radical (unpaired) electrons. The van der Waals surface area contributed by atoms with Gasteiger partial charge in [0.1, 0.15) is 18.5 Å². The van der Waals surface area contributed by atoms with Gasteiger partial charge in [0.2, 0.25) is 5.95 Å². The molecule has 0 aliphatic rings. The maximum atomic E-state index is 12.6. The van der Waals surface area contributed by atoms with E-state index in [2.05, 4.69) is 20.3 Å². The Labute approximate surface area is 183 Å². The van der Waals surface area contributed by atoms with E-state index in [1.807, 2.05) is 43.3 Å². The van der Waals surface area contributed by atoms with E-state index < -0.39 is 17.4 Å². The summed E-state index contributed by atoms with van der Waals surface area (Å²) in [5, 5.41) is 13.8. The van der Waals surface area contributed by atoms with Crippen LogP contribution in [0.4, 0.5) is 5.95 Å². The molecule has 1 unspecified atom stereocenters. The van der Waals surface area contributed by atoms with E-state index in [1.54, 1.807) is 17.0 Å². The van der Waals surface area contributed by atoms with Crippen LogP contribution in [0, 0.1) is 6.92 Å². The third-order valence-corrected chi connectivity index (χ3v) is 5.04. The van der Waals surface area contributed by atoms with Gasteiger partial charge >= 0.3 is 5.69 Å². The van der Waals surface area contributed by atoms with Crippen LogP contribution in [0.1, 0.15) is 11.1 Å². The largest absolute Gasteiger partial charge is 0.491 e. The van der Waals surface area contributed by atoms with E-state index in [4.69, 9.17) is 4.74 Å². The summed E-state index contributed by atoms with van der Waals surface area (Å²) < 4.78 is 8.50. The van der Waals surface area contributed by atoms with Crippen LogP contribution in [0.15, 0.2) is 58.4 Å². The van der Waals surface area contributed by atoms with Crippen LogP contribution >= 0.6 is 0 Å². The number of pyridine rings is 1. The van der Waals surface area contributed by atoms with Gasteiger partial charge < -0.3 is 19.7 Å². The number of ether oxygens (including phenoxy) is 1. The quantitative estimate of drug-likeness (QED) is 0.378. The van der Waals surface area contributed by atoms with E-state index in [0.717, 1.165) is 11.1 Å². The lowest BCUT2D eigenvalue weighted by Crippen LogP contribution is -2.31. The number of H-pyrrole nitrogens is 1. The number of anilines is 1. The van der Waals surface area contributed by atoms with Crippen molar-refractivity contribution in [2.45, 2.75) is 26.1 Å². The maximum Gasteiger partial charge on any atom is 0.329 e. The highest BCUT2D eigenvalue weighted by Gasteiger charge is 2.20.